The number of aromatic nitrogens is 1. The summed E-state index contributed by atoms with van der Waals surface area (Å²) < 4.78 is 12.5. The number of ether oxygens (including phenoxy) is 1. The van der Waals surface area contributed by atoms with Crippen molar-refractivity contribution < 1.29 is 13.9 Å². The minimum absolute atomic E-state index is 0.0610. The van der Waals surface area contributed by atoms with E-state index in [1.807, 2.05) is 47.4 Å². The predicted molar refractivity (Wildman–Crippen MR) is 97.7 cm³/mol. The Kier molecular flexibility index (Phi) is 4.44. The maximum atomic E-state index is 12.7. The molecule has 1 aliphatic heterocycles. The Hall–Kier alpha value is -2.34. The van der Waals surface area contributed by atoms with Gasteiger partial charge in [-0.3, -0.25) is 4.79 Å². The highest BCUT2D eigenvalue weighted by Crippen LogP contribution is 2.26. The van der Waals surface area contributed by atoms with Crippen LogP contribution in [0.5, 0.6) is 5.88 Å². The molecular formula is C19H17BrN2O3. The van der Waals surface area contributed by atoms with Crippen LogP contribution >= 0.6 is 15.9 Å². The molecule has 1 aromatic carbocycles. The second-order valence-electron chi connectivity index (χ2n) is 6.05. The van der Waals surface area contributed by atoms with E-state index >= 15 is 0 Å². The van der Waals surface area contributed by atoms with E-state index in [4.69, 9.17) is 9.15 Å². The molecule has 0 saturated carbocycles. The highest BCUT2D eigenvalue weighted by atomic mass is 79.9. The van der Waals surface area contributed by atoms with E-state index in [1.54, 1.807) is 6.20 Å². The van der Waals surface area contributed by atoms with Gasteiger partial charge in [0.05, 0.1) is 4.47 Å². The molecule has 1 aliphatic rings. The fraction of sp³-hybridized carbons (Fsp3) is 0.263. The van der Waals surface area contributed by atoms with Crippen molar-refractivity contribution in [1.82, 2.24) is 9.88 Å². The smallest absolute Gasteiger partial charge is 0.289 e. The van der Waals surface area contributed by atoms with Crippen LogP contribution in [0.2, 0.25) is 0 Å². The van der Waals surface area contributed by atoms with Gasteiger partial charge >= 0.3 is 0 Å². The predicted octanol–water partition coefficient (Wildman–Crippen LogP) is 4.27. The number of rotatable bonds is 3. The first-order chi connectivity index (χ1) is 12.2. The number of hydrogen-bond donors (Lipinski definition) is 0. The van der Waals surface area contributed by atoms with E-state index in [2.05, 4.69) is 20.9 Å². The first-order valence-electron chi connectivity index (χ1n) is 8.26. The molecule has 128 valence electrons. The summed E-state index contributed by atoms with van der Waals surface area (Å²) in [5.41, 5.74) is 0.740. The average molecular weight is 401 g/mol. The van der Waals surface area contributed by atoms with Crippen LogP contribution in [-0.4, -0.2) is 35.0 Å². The Morgan fingerprint density at radius 2 is 2.00 bits per heavy atom. The second-order valence-corrected chi connectivity index (χ2v) is 6.90. The van der Waals surface area contributed by atoms with Gasteiger partial charge < -0.3 is 14.1 Å². The maximum Gasteiger partial charge on any atom is 0.289 e. The third-order valence-corrected chi connectivity index (χ3v) is 4.97. The molecule has 1 fully saturated rings. The number of nitrogens with zero attached hydrogens (tertiary/aromatic N) is 2. The van der Waals surface area contributed by atoms with E-state index in [0.29, 0.717) is 24.7 Å². The van der Waals surface area contributed by atoms with Crippen molar-refractivity contribution >= 4 is 32.8 Å². The van der Waals surface area contributed by atoms with Crippen LogP contribution in [-0.2, 0) is 0 Å². The number of carbonyl (C=O) groups is 1. The van der Waals surface area contributed by atoms with Crippen LogP contribution in [0.3, 0.4) is 0 Å². The molecule has 3 heterocycles. The molecule has 0 aliphatic carbocycles. The van der Waals surface area contributed by atoms with Gasteiger partial charge in [0, 0.05) is 37.5 Å². The fourth-order valence-electron chi connectivity index (χ4n) is 3.04. The highest BCUT2D eigenvalue weighted by molar-refractivity contribution is 9.10. The van der Waals surface area contributed by atoms with Crippen LogP contribution in [0, 0.1) is 0 Å². The van der Waals surface area contributed by atoms with Crippen molar-refractivity contribution in [2.75, 3.05) is 13.1 Å². The van der Waals surface area contributed by atoms with Crippen molar-refractivity contribution in [3.63, 3.8) is 0 Å². The van der Waals surface area contributed by atoms with Crippen molar-refractivity contribution in [3.8, 4) is 5.88 Å². The summed E-state index contributed by atoms with van der Waals surface area (Å²) in [7, 11) is 0. The van der Waals surface area contributed by atoms with Crippen molar-refractivity contribution in [1.29, 1.82) is 0 Å². The molecule has 25 heavy (non-hydrogen) atoms. The molecule has 3 aromatic rings. The number of likely N-dealkylation sites (tertiary alicyclic amines) is 1. The third-order valence-electron chi connectivity index (χ3n) is 4.37. The van der Waals surface area contributed by atoms with Gasteiger partial charge in [0.25, 0.3) is 5.91 Å². The van der Waals surface area contributed by atoms with E-state index in [0.717, 1.165) is 28.3 Å². The minimum atomic E-state index is -0.0614. The van der Waals surface area contributed by atoms with Gasteiger partial charge in [0.2, 0.25) is 5.88 Å². The lowest BCUT2D eigenvalue weighted by Crippen LogP contribution is -2.41. The zero-order chi connectivity index (χ0) is 17.2. The summed E-state index contributed by atoms with van der Waals surface area (Å²) in [6.07, 6.45) is 3.32. The maximum absolute atomic E-state index is 12.7. The number of pyridine rings is 1. The summed E-state index contributed by atoms with van der Waals surface area (Å²) in [6.45, 7) is 1.29. The molecule has 0 unspecified atom stereocenters. The number of benzene rings is 1. The van der Waals surface area contributed by atoms with Crippen molar-refractivity contribution in [2.24, 2.45) is 0 Å². The monoisotopic (exact) mass is 400 g/mol. The van der Waals surface area contributed by atoms with Crippen molar-refractivity contribution in [2.45, 2.75) is 18.9 Å². The van der Waals surface area contributed by atoms with Gasteiger partial charge in [-0.1, -0.05) is 18.2 Å². The lowest BCUT2D eigenvalue weighted by atomic mass is 10.1. The largest absolute Gasteiger partial charge is 0.473 e. The molecular weight excluding hydrogens is 384 g/mol. The van der Waals surface area contributed by atoms with Crippen molar-refractivity contribution in [3.05, 3.63) is 58.9 Å². The second kappa shape index (κ2) is 6.88. The Bertz CT molecular complexity index is 867. The summed E-state index contributed by atoms with van der Waals surface area (Å²) in [5.74, 6) is 0.936. The van der Waals surface area contributed by atoms with E-state index in [9.17, 15) is 4.79 Å². The molecule has 1 saturated heterocycles. The summed E-state index contributed by atoms with van der Waals surface area (Å²) in [4.78, 5) is 18.7. The molecule has 4 rings (SSSR count). The summed E-state index contributed by atoms with van der Waals surface area (Å²) in [6, 6.07) is 13.2. The molecule has 0 atom stereocenters. The minimum Gasteiger partial charge on any atom is -0.473 e. The Balaban J connectivity index is 1.39. The normalized spacial score (nSPS) is 15.5. The van der Waals surface area contributed by atoms with Crippen LogP contribution < -0.4 is 4.74 Å². The van der Waals surface area contributed by atoms with Gasteiger partial charge in [-0.15, -0.1) is 0 Å². The van der Waals surface area contributed by atoms with Gasteiger partial charge in [-0.2, -0.15) is 0 Å². The van der Waals surface area contributed by atoms with Crippen LogP contribution in [0.15, 0.2) is 57.6 Å². The number of amides is 1. The van der Waals surface area contributed by atoms with Crippen LogP contribution in [0.25, 0.3) is 11.0 Å². The molecule has 6 heteroatoms. The fourth-order valence-corrected chi connectivity index (χ4v) is 3.38. The van der Waals surface area contributed by atoms with Crippen LogP contribution in [0.4, 0.5) is 0 Å². The van der Waals surface area contributed by atoms with E-state index in [1.165, 1.54) is 0 Å². The number of halogens is 1. The Morgan fingerprint density at radius 3 is 2.76 bits per heavy atom. The number of carbonyl (C=O) groups excluding carboxylic acids is 1. The van der Waals surface area contributed by atoms with Gasteiger partial charge in [0.1, 0.15) is 11.7 Å². The number of hydrogen-bond acceptors (Lipinski definition) is 4. The zero-order valence-corrected chi connectivity index (χ0v) is 15.1. The molecule has 0 spiro atoms. The molecule has 2 aromatic heterocycles. The number of furan rings is 1. The zero-order valence-electron chi connectivity index (χ0n) is 13.5. The average Bonchev–Trinajstić information content (AvgIpc) is 3.08. The van der Waals surface area contributed by atoms with Gasteiger partial charge in [-0.05, 0) is 40.2 Å². The first-order valence-corrected chi connectivity index (χ1v) is 9.05. The Morgan fingerprint density at radius 1 is 1.20 bits per heavy atom. The first kappa shape index (κ1) is 16.1. The standard InChI is InChI=1S/C19H17BrN2O3/c20-15-5-3-9-21-18(15)24-14-7-10-22(11-8-14)19(23)17-12-13-4-1-2-6-16(13)25-17/h1-6,9,12,14H,7-8,10-11H2. The lowest BCUT2D eigenvalue weighted by Gasteiger charge is -2.31. The SMILES string of the molecule is O=C(c1cc2ccccc2o1)N1CCC(Oc2ncccc2Br)CC1. The molecule has 1 amide bonds. The summed E-state index contributed by atoms with van der Waals surface area (Å²) >= 11 is 3.44. The number of piperidine rings is 1. The number of para-hydroxylation sites is 1. The molecule has 0 radical (unpaired) electrons. The van der Waals surface area contributed by atoms with E-state index in [-0.39, 0.29) is 12.0 Å². The molecule has 0 bridgehead atoms. The van der Waals surface area contributed by atoms with Crippen LogP contribution in [0.1, 0.15) is 23.4 Å². The quantitative estimate of drug-likeness (QED) is 0.658. The molecule has 0 N–H and O–H groups in total. The summed E-state index contributed by atoms with van der Waals surface area (Å²) in [5, 5.41) is 0.948. The highest BCUT2D eigenvalue weighted by Gasteiger charge is 2.27. The lowest BCUT2D eigenvalue weighted by molar-refractivity contribution is 0.0560. The molecule has 5 nitrogen and oxygen atoms in total. The number of fused-ring (bicyclic) bond motifs is 1. The van der Waals surface area contributed by atoms with E-state index < -0.39 is 0 Å². The third kappa shape index (κ3) is 3.39. The topological polar surface area (TPSA) is 55.6 Å². The Labute approximate surface area is 153 Å². The van der Waals surface area contributed by atoms with Gasteiger partial charge in [-0.25, -0.2) is 4.98 Å². The van der Waals surface area contributed by atoms with Gasteiger partial charge in [0.15, 0.2) is 5.76 Å².